The Morgan fingerprint density at radius 1 is 1.23 bits per heavy atom. The Labute approximate surface area is 187 Å². The van der Waals surface area contributed by atoms with E-state index in [2.05, 4.69) is 9.89 Å². The lowest BCUT2D eigenvalue weighted by molar-refractivity contribution is -0.134. The van der Waals surface area contributed by atoms with Crippen LogP contribution in [0.2, 0.25) is 0 Å². The zero-order valence-corrected chi connectivity index (χ0v) is 19.3. The number of piperidine rings is 1. The number of nitrogens with two attached hydrogens (primary N) is 1. The molecule has 3 aliphatic rings. The molecule has 0 bridgehead atoms. The van der Waals surface area contributed by atoms with E-state index in [0.29, 0.717) is 5.56 Å². The largest absolute Gasteiger partial charge is 0.425 e. The first kappa shape index (κ1) is 22.8. The highest BCUT2D eigenvalue weighted by molar-refractivity contribution is 7.12. The lowest BCUT2D eigenvalue weighted by Gasteiger charge is -2.44. The molecular weight excluding hydrogens is 419 g/mol. The van der Waals surface area contributed by atoms with Crippen LogP contribution in [0.1, 0.15) is 72.2 Å². The average Bonchev–Trinajstić information content (AvgIpc) is 3.06. The molecule has 1 aliphatic heterocycles. The first-order chi connectivity index (χ1) is 14.8. The monoisotopic (exact) mass is 453 g/mol. The van der Waals surface area contributed by atoms with Crippen molar-refractivity contribution in [3.8, 4) is 0 Å². The van der Waals surface area contributed by atoms with Crippen LogP contribution in [0, 0.1) is 12.8 Å². The molecule has 2 fully saturated rings. The van der Waals surface area contributed by atoms with E-state index < -0.39 is 6.18 Å². The number of hydrogen-bond donors (Lipinski definition) is 1. The number of hydrogen-bond acceptors (Lipinski definition) is 4. The Bertz CT molecular complexity index is 828. The molecule has 172 valence electrons. The van der Waals surface area contributed by atoms with Crippen LogP contribution in [0.3, 0.4) is 0 Å². The van der Waals surface area contributed by atoms with Gasteiger partial charge in [0.25, 0.3) is 0 Å². The van der Waals surface area contributed by atoms with E-state index in [0.717, 1.165) is 91.6 Å². The lowest BCUT2D eigenvalue weighted by Crippen LogP contribution is -2.44. The molecule has 31 heavy (non-hydrogen) atoms. The Balaban J connectivity index is 1.37. The number of fused-ring (bicyclic) bond motifs is 2. The Hall–Kier alpha value is -1.34. The molecule has 1 saturated heterocycles. The van der Waals surface area contributed by atoms with E-state index >= 15 is 0 Å². The minimum absolute atomic E-state index is 0.0769. The molecule has 2 N–H and O–H groups in total. The summed E-state index contributed by atoms with van der Waals surface area (Å²) in [5.41, 5.74) is 8.25. The second-order valence-electron chi connectivity index (χ2n) is 9.63. The zero-order valence-electron chi connectivity index (χ0n) is 18.4. The quantitative estimate of drug-likeness (QED) is 0.549. The van der Waals surface area contributed by atoms with Crippen molar-refractivity contribution in [3.05, 3.63) is 32.7 Å². The van der Waals surface area contributed by atoms with Crippen LogP contribution in [-0.4, -0.2) is 37.3 Å². The maximum Gasteiger partial charge on any atom is 0.425 e. The van der Waals surface area contributed by atoms with Gasteiger partial charge in [0.1, 0.15) is 4.88 Å². The highest BCUT2D eigenvalue weighted by Gasteiger charge is 2.45. The molecule has 1 spiro atoms. The third-order valence-electron chi connectivity index (χ3n) is 7.67. The van der Waals surface area contributed by atoms with Gasteiger partial charge in [-0.2, -0.15) is 13.2 Å². The minimum atomic E-state index is -4.24. The summed E-state index contributed by atoms with van der Waals surface area (Å²) in [7, 11) is 0. The molecule has 0 aromatic carbocycles. The molecule has 1 aromatic heterocycles. The van der Waals surface area contributed by atoms with E-state index in [4.69, 9.17) is 5.73 Å². The fraction of sp³-hybridized carbons (Fsp3) is 0.708. The van der Waals surface area contributed by atoms with Crippen LogP contribution < -0.4 is 5.73 Å². The van der Waals surface area contributed by atoms with E-state index in [-0.39, 0.29) is 10.3 Å². The van der Waals surface area contributed by atoms with Crippen molar-refractivity contribution in [2.24, 2.45) is 16.6 Å². The van der Waals surface area contributed by atoms with Crippen molar-refractivity contribution >= 4 is 17.6 Å². The van der Waals surface area contributed by atoms with Gasteiger partial charge >= 0.3 is 6.18 Å². The first-order valence-corrected chi connectivity index (χ1v) is 12.5. The van der Waals surface area contributed by atoms with Gasteiger partial charge in [0.15, 0.2) is 0 Å². The van der Waals surface area contributed by atoms with Crippen molar-refractivity contribution in [1.82, 2.24) is 4.90 Å². The average molecular weight is 454 g/mol. The van der Waals surface area contributed by atoms with Gasteiger partial charge in [0.05, 0.1) is 0 Å². The molecule has 4 rings (SSSR count). The van der Waals surface area contributed by atoms with Crippen LogP contribution in [0.25, 0.3) is 0 Å². The molecule has 3 nitrogen and oxygen atoms in total. The Morgan fingerprint density at radius 3 is 2.58 bits per heavy atom. The molecule has 0 atom stereocenters. The highest BCUT2D eigenvalue weighted by atomic mass is 32.1. The van der Waals surface area contributed by atoms with Gasteiger partial charge in [-0.1, -0.05) is 19.3 Å². The number of alkyl halides is 3. The summed E-state index contributed by atoms with van der Waals surface area (Å²) in [4.78, 5) is 7.59. The van der Waals surface area contributed by atoms with Crippen LogP contribution in [0.15, 0.2) is 16.8 Å². The summed E-state index contributed by atoms with van der Waals surface area (Å²) in [6, 6.07) is 0. The summed E-state index contributed by atoms with van der Waals surface area (Å²) in [5, 5.41) is 0. The van der Waals surface area contributed by atoms with E-state index in [1.54, 1.807) is 13.1 Å². The molecule has 1 saturated carbocycles. The smallest absolute Gasteiger partial charge is 0.404 e. The number of aliphatic imine (C=N–C) groups is 1. The number of rotatable bonds is 6. The van der Waals surface area contributed by atoms with Gasteiger partial charge in [0.2, 0.25) is 0 Å². The number of thiophene rings is 1. The molecule has 0 amide bonds. The standard InChI is InChI=1S/C24H34F3N3S/c1-17-20-6-3-8-23(22(20)31-21(17)24(25,26)27)9-12-30(13-10-23)16-19(14-28)15-29-11-7-18-4-2-5-18/h14-15,18H,2-13,16,28H2,1H3/b19-14+,29-15?. The predicted molar refractivity (Wildman–Crippen MR) is 122 cm³/mol. The van der Waals surface area contributed by atoms with E-state index in [9.17, 15) is 13.2 Å². The summed E-state index contributed by atoms with van der Waals surface area (Å²) in [6.07, 6.45) is 9.18. The summed E-state index contributed by atoms with van der Waals surface area (Å²) in [6.45, 7) is 5.09. The van der Waals surface area contributed by atoms with Gasteiger partial charge in [-0.15, -0.1) is 11.3 Å². The van der Waals surface area contributed by atoms with Gasteiger partial charge in [-0.05, 0) is 87.4 Å². The molecule has 0 radical (unpaired) electrons. The molecule has 2 aliphatic carbocycles. The lowest BCUT2D eigenvalue weighted by atomic mass is 9.68. The van der Waals surface area contributed by atoms with Crippen LogP contribution in [-0.2, 0) is 18.0 Å². The fourth-order valence-electron chi connectivity index (χ4n) is 5.50. The second-order valence-corrected chi connectivity index (χ2v) is 10.7. The number of nitrogens with zero attached hydrogens (tertiary/aromatic N) is 2. The topological polar surface area (TPSA) is 41.6 Å². The predicted octanol–water partition coefficient (Wildman–Crippen LogP) is 5.85. The molecule has 1 aromatic rings. The number of likely N-dealkylation sites (tertiary alicyclic amines) is 1. The summed E-state index contributed by atoms with van der Waals surface area (Å²) >= 11 is 1.02. The van der Waals surface area contributed by atoms with Crippen molar-refractivity contribution < 1.29 is 13.2 Å². The van der Waals surface area contributed by atoms with Crippen molar-refractivity contribution in [2.45, 2.75) is 76.3 Å². The third kappa shape index (κ3) is 4.87. The molecular formula is C24H34F3N3S. The SMILES string of the molecule is Cc1c(C(F)(F)F)sc2c1CCCC21CCN(C/C(C=NCCC2CCC2)=C/N)CC1. The summed E-state index contributed by atoms with van der Waals surface area (Å²) < 4.78 is 40.5. The Kier molecular flexibility index (Phi) is 6.82. The van der Waals surface area contributed by atoms with Gasteiger partial charge < -0.3 is 5.73 Å². The maximum atomic E-state index is 13.5. The number of halogens is 3. The van der Waals surface area contributed by atoms with Crippen molar-refractivity contribution in [3.63, 3.8) is 0 Å². The fourth-order valence-corrected chi connectivity index (χ4v) is 6.99. The third-order valence-corrected chi connectivity index (χ3v) is 9.30. The van der Waals surface area contributed by atoms with Gasteiger partial charge in [-0.3, -0.25) is 9.89 Å². The second kappa shape index (κ2) is 9.26. The van der Waals surface area contributed by atoms with Crippen LogP contribution in [0.4, 0.5) is 13.2 Å². The van der Waals surface area contributed by atoms with E-state index in [1.165, 1.54) is 25.7 Å². The Morgan fingerprint density at radius 2 is 1.97 bits per heavy atom. The molecule has 2 heterocycles. The van der Waals surface area contributed by atoms with Gasteiger partial charge in [-0.25, -0.2) is 0 Å². The van der Waals surface area contributed by atoms with E-state index in [1.807, 2.05) is 6.21 Å². The highest BCUT2D eigenvalue weighted by Crippen LogP contribution is 2.52. The minimum Gasteiger partial charge on any atom is -0.404 e. The normalized spacial score (nSPS) is 22.8. The molecule has 0 unspecified atom stereocenters. The van der Waals surface area contributed by atoms with Crippen molar-refractivity contribution in [1.29, 1.82) is 0 Å². The molecule has 7 heteroatoms. The van der Waals surface area contributed by atoms with Crippen LogP contribution >= 0.6 is 11.3 Å². The van der Waals surface area contributed by atoms with Crippen molar-refractivity contribution in [2.75, 3.05) is 26.2 Å². The summed E-state index contributed by atoms with van der Waals surface area (Å²) in [5.74, 6) is 0.861. The zero-order chi connectivity index (χ0) is 22.1. The first-order valence-electron chi connectivity index (χ1n) is 11.7. The van der Waals surface area contributed by atoms with Gasteiger partial charge in [0, 0.05) is 29.6 Å². The van der Waals surface area contributed by atoms with Crippen LogP contribution in [0.5, 0.6) is 0 Å². The maximum absolute atomic E-state index is 13.5.